The van der Waals surface area contributed by atoms with E-state index in [9.17, 15) is 0 Å². The molecular formula is C14H14BrNO3. The van der Waals surface area contributed by atoms with Crippen LogP contribution >= 0.6 is 15.9 Å². The minimum Gasteiger partial charge on any atom is -0.493 e. The first-order valence-electron chi connectivity index (χ1n) is 5.66. The molecule has 0 bridgehead atoms. The number of rotatable bonds is 4. The summed E-state index contributed by atoms with van der Waals surface area (Å²) in [7, 11) is 3.17. The number of pyridine rings is 1. The fourth-order valence-electron chi connectivity index (χ4n) is 1.61. The Morgan fingerprint density at radius 1 is 1.11 bits per heavy atom. The third-order valence-corrected chi connectivity index (χ3v) is 3.09. The van der Waals surface area contributed by atoms with E-state index >= 15 is 0 Å². The van der Waals surface area contributed by atoms with Crippen molar-refractivity contribution in [3.05, 3.63) is 40.5 Å². The third kappa shape index (κ3) is 2.98. The van der Waals surface area contributed by atoms with E-state index in [4.69, 9.17) is 14.2 Å². The maximum Gasteiger partial charge on any atom is 0.234 e. The number of hydrogen-bond donors (Lipinski definition) is 0. The quantitative estimate of drug-likeness (QED) is 0.853. The number of ether oxygens (including phenoxy) is 3. The molecule has 0 saturated heterocycles. The molecule has 0 fully saturated rings. The van der Waals surface area contributed by atoms with Gasteiger partial charge in [-0.15, -0.1) is 0 Å². The molecule has 1 aromatic carbocycles. The van der Waals surface area contributed by atoms with Crippen molar-refractivity contribution >= 4 is 15.9 Å². The molecule has 4 nitrogen and oxygen atoms in total. The lowest BCUT2D eigenvalue weighted by Crippen LogP contribution is -1.96. The van der Waals surface area contributed by atoms with Crippen LogP contribution in [0.3, 0.4) is 0 Å². The van der Waals surface area contributed by atoms with Crippen LogP contribution in [-0.4, -0.2) is 19.2 Å². The van der Waals surface area contributed by atoms with E-state index in [1.54, 1.807) is 32.5 Å². The second-order valence-electron chi connectivity index (χ2n) is 3.89. The van der Waals surface area contributed by atoms with E-state index in [0.29, 0.717) is 23.1 Å². The molecule has 2 rings (SSSR count). The van der Waals surface area contributed by atoms with Gasteiger partial charge >= 0.3 is 0 Å². The number of benzene rings is 1. The van der Waals surface area contributed by atoms with Crippen LogP contribution in [0, 0.1) is 6.92 Å². The molecular weight excluding hydrogens is 310 g/mol. The third-order valence-electron chi connectivity index (χ3n) is 2.53. The molecule has 0 aliphatic heterocycles. The van der Waals surface area contributed by atoms with Gasteiger partial charge in [-0.1, -0.05) is 6.07 Å². The van der Waals surface area contributed by atoms with Gasteiger partial charge in [-0.05, 0) is 46.6 Å². The van der Waals surface area contributed by atoms with Crippen LogP contribution in [0.4, 0.5) is 0 Å². The Bertz CT molecular complexity index is 565. The lowest BCUT2D eigenvalue weighted by molar-refractivity contribution is 0.341. The Morgan fingerprint density at radius 3 is 2.26 bits per heavy atom. The molecule has 0 spiro atoms. The first kappa shape index (κ1) is 13.7. The van der Waals surface area contributed by atoms with E-state index in [0.717, 1.165) is 10.0 Å². The maximum atomic E-state index is 5.80. The van der Waals surface area contributed by atoms with Gasteiger partial charge in [0.25, 0.3) is 0 Å². The maximum absolute atomic E-state index is 5.80. The van der Waals surface area contributed by atoms with Gasteiger partial charge in [-0.3, -0.25) is 0 Å². The predicted octanol–water partition coefficient (Wildman–Crippen LogP) is 3.96. The monoisotopic (exact) mass is 323 g/mol. The summed E-state index contributed by atoms with van der Waals surface area (Å²) in [6.07, 6.45) is 1.74. The molecule has 0 amide bonds. The van der Waals surface area contributed by atoms with E-state index in [2.05, 4.69) is 20.9 Å². The van der Waals surface area contributed by atoms with Crippen molar-refractivity contribution in [3.8, 4) is 23.1 Å². The van der Waals surface area contributed by atoms with E-state index in [1.165, 1.54) is 0 Å². The molecule has 0 aliphatic rings. The zero-order chi connectivity index (χ0) is 13.8. The lowest BCUT2D eigenvalue weighted by Gasteiger charge is -2.14. The molecule has 0 N–H and O–H groups in total. The van der Waals surface area contributed by atoms with Gasteiger partial charge in [0.15, 0.2) is 11.5 Å². The minimum atomic E-state index is 0.466. The fourth-order valence-corrected chi connectivity index (χ4v) is 2.15. The van der Waals surface area contributed by atoms with Crippen LogP contribution in [0.15, 0.2) is 34.9 Å². The highest BCUT2D eigenvalue weighted by molar-refractivity contribution is 9.10. The van der Waals surface area contributed by atoms with Crippen molar-refractivity contribution in [2.45, 2.75) is 6.92 Å². The molecule has 0 atom stereocenters. The van der Waals surface area contributed by atoms with Gasteiger partial charge in [-0.25, -0.2) is 4.98 Å². The van der Waals surface area contributed by atoms with Crippen molar-refractivity contribution < 1.29 is 14.2 Å². The highest BCUT2D eigenvalue weighted by atomic mass is 79.9. The zero-order valence-electron chi connectivity index (χ0n) is 10.9. The molecule has 1 heterocycles. The van der Waals surface area contributed by atoms with E-state index < -0.39 is 0 Å². The number of hydrogen-bond acceptors (Lipinski definition) is 4. The van der Waals surface area contributed by atoms with Gasteiger partial charge in [-0.2, -0.15) is 0 Å². The van der Waals surface area contributed by atoms with Crippen LogP contribution in [0.1, 0.15) is 5.56 Å². The van der Waals surface area contributed by atoms with Gasteiger partial charge < -0.3 is 14.2 Å². The Balaban J connectivity index is 2.42. The molecule has 1 aromatic heterocycles. The topological polar surface area (TPSA) is 40.6 Å². The highest BCUT2D eigenvalue weighted by Gasteiger charge is 2.14. The smallest absolute Gasteiger partial charge is 0.234 e. The summed E-state index contributed by atoms with van der Waals surface area (Å²) >= 11 is 3.43. The first-order valence-corrected chi connectivity index (χ1v) is 6.46. The summed E-state index contributed by atoms with van der Waals surface area (Å²) in [5.41, 5.74) is 1.05. The fraction of sp³-hybridized carbons (Fsp3) is 0.214. The summed E-state index contributed by atoms with van der Waals surface area (Å²) < 4.78 is 17.1. The highest BCUT2D eigenvalue weighted by Crippen LogP contribution is 2.41. The zero-order valence-corrected chi connectivity index (χ0v) is 12.5. The van der Waals surface area contributed by atoms with Gasteiger partial charge in [0.2, 0.25) is 11.6 Å². The molecule has 19 heavy (non-hydrogen) atoms. The number of halogens is 1. The molecule has 0 aliphatic carbocycles. The minimum absolute atomic E-state index is 0.466. The van der Waals surface area contributed by atoms with E-state index in [-0.39, 0.29) is 0 Å². The van der Waals surface area contributed by atoms with Crippen molar-refractivity contribution in [1.29, 1.82) is 0 Å². The Labute approximate surface area is 120 Å². The molecule has 0 radical (unpaired) electrons. The van der Waals surface area contributed by atoms with Crippen LogP contribution in [0.25, 0.3) is 0 Å². The Kier molecular flexibility index (Phi) is 4.27. The summed E-state index contributed by atoms with van der Waals surface area (Å²) in [6, 6.07) is 7.38. The predicted molar refractivity (Wildman–Crippen MR) is 76.3 cm³/mol. The van der Waals surface area contributed by atoms with Gasteiger partial charge in [0, 0.05) is 6.20 Å². The first-order chi connectivity index (χ1) is 9.15. The van der Waals surface area contributed by atoms with E-state index in [1.807, 2.05) is 19.1 Å². The van der Waals surface area contributed by atoms with Crippen LogP contribution in [-0.2, 0) is 0 Å². The number of aryl methyl sites for hydroxylation is 1. The van der Waals surface area contributed by atoms with Gasteiger partial charge in [0.05, 0.1) is 18.7 Å². The second kappa shape index (κ2) is 5.93. The van der Waals surface area contributed by atoms with Crippen molar-refractivity contribution in [2.75, 3.05) is 14.2 Å². The molecule has 0 unspecified atom stereocenters. The number of methoxy groups -OCH3 is 2. The second-order valence-corrected chi connectivity index (χ2v) is 4.75. The molecule has 2 aromatic rings. The molecule has 5 heteroatoms. The van der Waals surface area contributed by atoms with Crippen molar-refractivity contribution in [2.24, 2.45) is 0 Å². The lowest BCUT2D eigenvalue weighted by atomic mass is 10.3. The average molecular weight is 324 g/mol. The molecule has 100 valence electrons. The number of para-hydroxylation sites is 1. The number of nitrogens with zero attached hydrogens (tertiary/aromatic N) is 1. The van der Waals surface area contributed by atoms with Crippen LogP contribution < -0.4 is 14.2 Å². The standard InChI is InChI=1S/C14H14BrNO3/c1-9-7-10(15)14(16-8-9)19-13-11(17-2)5-4-6-12(13)18-3/h4-8H,1-3H3. The largest absolute Gasteiger partial charge is 0.493 e. The Hall–Kier alpha value is -1.75. The summed E-state index contributed by atoms with van der Waals surface area (Å²) in [5.74, 6) is 2.15. The number of aromatic nitrogens is 1. The van der Waals surface area contributed by atoms with Crippen LogP contribution in [0.2, 0.25) is 0 Å². The van der Waals surface area contributed by atoms with Crippen molar-refractivity contribution in [3.63, 3.8) is 0 Å². The van der Waals surface area contributed by atoms with Crippen molar-refractivity contribution in [1.82, 2.24) is 4.98 Å². The Morgan fingerprint density at radius 2 is 1.74 bits per heavy atom. The SMILES string of the molecule is COc1cccc(OC)c1Oc1ncc(C)cc1Br. The average Bonchev–Trinajstić information content (AvgIpc) is 2.42. The molecule has 0 saturated carbocycles. The van der Waals surface area contributed by atoms with Gasteiger partial charge in [0.1, 0.15) is 0 Å². The summed E-state index contributed by atoms with van der Waals surface area (Å²) in [4.78, 5) is 4.24. The van der Waals surface area contributed by atoms with Crippen LogP contribution in [0.5, 0.6) is 23.1 Å². The summed E-state index contributed by atoms with van der Waals surface area (Å²) in [5, 5.41) is 0. The normalized spacial score (nSPS) is 10.1. The summed E-state index contributed by atoms with van der Waals surface area (Å²) in [6.45, 7) is 1.96.